The molecule has 1 aliphatic carbocycles. The number of hydrogen-bond acceptors (Lipinski definition) is 5. The zero-order chi connectivity index (χ0) is 11.7. The number of piperazine rings is 1. The molecule has 1 aliphatic heterocycles. The first-order chi connectivity index (χ1) is 8.33. The molecular weight excluding hydrogens is 220 g/mol. The van der Waals surface area contributed by atoms with Crippen molar-refractivity contribution in [1.29, 1.82) is 0 Å². The lowest BCUT2D eigenvalue weighted by atomic mass is 9.85. The van der Waals surface area contributed by atoms with Gasteiger partial charge in [-0.25, -0.2) is 0 Å². The molecule has 1 saturated carbocycles. The van der Waals surface area contributed by atoms with Gasteiger partial charge in [0.05, 0.1) is 12.5 Å². The molecule has 0 aromatic carbocycles. The summed E-state index contributed by atoms with van der Waals surface area (Å²) in [6, 6.07) is -0.238. The van der Waals surface area contributed by atoms with Crippen LogP contribution in [0.4, 0.5) is 0 Å². The predicted octanol–water partition coefficient (Wildman–Crippen LogP) is -0.0324. The largest absolute Gasteiger partial charge is 0.353 e. The van der Waals surface area contributed by atoms with E-state index in [0.29, 0.717) is 24.8 Å². The molecule has 2 N–H and O–H groups in total. The number of rotatable bonds is 3. The molecule has 17 heavy (non-hydrogen) atoms. The molecule has 0 spiro atoms. The zero-order valence-electron chi connectivity index (χ0n) is 9.61. The molecule has 2 heterocycles. The van der Waals surface area contributed by atoms with E-state index in [2.05, 4.69) is 20.8 Å². The van der Waals surface area contributed by atoms with Crippen molar-refractivity contribution in [1.82, 2.24) is 20.8 Å². The van der Waals surface area contributed by atoms with Crippen LogP contribution < -0.4 is 10.6 Å². The van der Waals surface area contributed by atoms with Gasteiger partial charge in [0.1, 0.15) is 0 Å². The summed E-state index contributed by atoms with van der Waals surface area (Å²) in [5.74, 6) is 1.85. The van der Waals surface area contributed by atoms with Gasteiger partial charge >= 0.3 is 0 Å². The fourth-order valence-corrected chi connectivity index (χ4v) is 2.17. The van der Waals surface area contributed by atoms with E-state index in [1.165, 1.54) is 6.42 Å². The van der Waals surface area contributed by atoms with Crippen molar-refractivity contribution in [2.45, 2.75) is 37.6 Å². The summed E-state index contributed by atoms with van der Waals surface area (Å²) in [6.45, 7) is 1.48. The van der Waals surface area contributed by atoms with Crippen LogP contribution in [0, 0.1) is 0 Å². The highest BCUT2D eigenvalue weighted by molar-refractivity contribution is 5.82. The SMILES string of the molecule is O=C1NCCNC1Cc1nc(C2CCC2)no1. The first-order valence-corrected chi connectivity index (χ1v) is 6.16. The summed E-state index contributed by atoms with van der Waals surface area (Å²) in [5.41, 5.74) is 0. The summed E-state index contributed by atoms with van der Waals surface area (Å²) in [7, 11) is 0. The summed E-state index contributed by atoms with van der Waals surface area (Å²) in [4.78, 5) is 15.9. The van der Waals surface area contributed by atoms with Crippen molar-refractivity contribution in [3.05, 3.63) is 11.7 Å². The monoisotopic (exact) mass is 236 g/mol. The Balaban J connectivity index is 1.63. The Morgan fingerprint density at radius 2 is 2.24 bits per heavy atom. The van der Waals surface area contributed by atoms with Crippen LogP contribution in [-0.4, -0.2) is 35.2 Å². The van der Waals surface area contributed by atoms with Crippen LogP contribution in [0.2, 0.25) is 0 Å². The highest BCUT2D eigenvalue weighted by Gasteiger charge is 2.27. The summed E-state index contributed by atoms with van der Waals surface area (Å²) in [5, 5.41) is 9.94. The Morgan fingerprint density at radius 3 is 2.94 bits per heavy atom. The molecule has 1 aromatic heterocycles. The lowest BCUT2D eigenvalue weighted by Crippen LogP contribution is -2.53. The van der Waals surface area contributed by atoms with Gasteiger partial charge in [0.15, 0.2) is 5.82 Å². The van der Waals surface area contributed by atoms with E-state index in [-0.39, 0.29) is 11.9 Å². The number of nitrogens with one attached hydrogen (secondary N) is 2. The molecule has 1 atom stereocenters. The summed E-state index contributed by atoms with van der Waals surface area (Å²) >= 11 is 0. The van der Waals surface area contributed by atoms with Gasteiger partial charge in [-0.3, -0.25) is 4.79 Å². The number of aromatic nitrogens is 2. The summed E-state index contributed by atoms with van der Waals surface area (Å²) in [6.07, 6.45) is 4.04. The highest BCUT2D eigenvalue weighted by Crippen LogP contribution is 2.34. The van der Waals surface area contributed by atoms with Gasteiger partial charge in [-0.2, -0.15) is 4.98 Å². The molecule has 92 valence electrons. The Bertz CT molecular complexity index is 413. The minimum Gasteiger partial charge on any atom is -0.353 e. The third-order valence-corrected chi connectivity index (χ3v) is 3.46. The second-order valence-corrected chi connectivity index (χ2v) is 4.68. The van der Waals surface area contributed by atoms with Crippen LogP contribution in [-0.2, 0) is 11.2 Å². The van der Waals surface area contributed by atoms with Gasteiger partial charge in [-0.1, -0.05) is 11.6 Å². The third kappa shape index (κ3) is 2.17. The van der Waals surface area contributed by atoms with Crippen molar-refractivity contribution >= 4 is 5.91 Å². The van der Waals surface area contributed by atoms with Crippen LogP contribution >= 0.6 is 0 Å². The van der Waals surface area contributed by atoms with E-state index in [4.69, 9.17) is 4.52 Å². The molecule has 1 amide bonds. The maximum Gasteiger partial charge on any atom is 0.237 e. The van der Waals surface area contributed by atoms with Gasteiger partial charge in [0.25, 0.3) is 0 Å². The van der Waals surface area contributed by atoms with Crippen molar-refractivity contribution in [3.8, 4) is 0 Å². The Labute approximate surface area is 99.2 Å². The van der Waals surface area contributed by atoms with E-state index in [0.717, 1.165) is 25.2 Å². The Hall–Kier alpha value is -1.43. The smallest absolute Gasteiger partial charge is 0.237 e. The van der Waals surface area contributed by atoms with Gasteiger partial charge in [-0.05, 0) is 12.8 Å². The molecule has 3 rings (SSSR count). The lowest BCUT2D eigenvalue weighted by Gasteiger charge is -2.22. The molecule has 1 unspecified atom stereocenters. The van der Waals surface area contributed by atoms with Crippen LogP contribution in [0.3, 0.4) is 0 Å². The molecule has 6 heteroatoms. The molecule has 1 saturated heterocycles. The van der Waals surface area contributed by atoms with Gasteiger partial charge in [-0.15, -0.1) is 0 Å². The second kappa shape index (κ2) is 4.44. The van der Waals surface area contributed by atoms with Crippen LogP contribution in [0.1, 0.15) is 36.9 Å². The lowest BCUT2D eigenvalue weighted by molar-refractivity contribution is -0.124. The Morgan fingerprint density at radius 1 is 1.35 bits per heavy atom. The topological polar surface area (TPSA) is 80.0 Å². The standard InChI is InChI=1S/C11H16N4O2/c16-11-8(12-4-5-13-11)6-9-14-10(15-17-9)7-2-1-3-7/h7-8,12H,1-6H2,(H,13,16). The van der Waals surface area contributed by atoms with Crippen LogP contribution in [0.25, 0.3) is 0 Å². The average molecular weight is 236 g/mol. The second-order valence-electron chi connectivity index (χ2n) is 4.68. The normalized spacial score (nSPS) is 25.4. The first-order valence-electron chi connectivity index (χ1n) is 6.16. The molecule has 6 nitrogen and oxygen atoms in total. The maximum absolute atomic E-state index is 11.5. The maximum atomic E-state index is 11.5. The minimum absolute atomic E-state index is 0.0136. The fraction of sp³-hybridized carbons (Fsp3) is 0.727. The number of nitrogens with zero attached hydrogens (tertiary/aromatic N) is 2. The average Bonchev–Trinajstić information content (AvgIpc) is 2.67. The summed E-state index contributed by atoms with van der Waals surface area (Å²) < 4.78 is 5.19. The first kappa shape index (κ1) is 10.7. The molecular formula is C11H16N4O2. The number of hydrogen-bond donors (Lipinski definition) is 2. The highest BCUT2D eigenvalue weighted by atomic mass is 16.5. The van der Waals surface area contributed by atoms with E-state index in [1.807, 2.05) is 0 Å². The van der Waals surface area contributed by atoms with E-state index < -0.39 is 0 Å². The quantitative estimate of drug-likeness (QED) is 0.770. The minimum atomic E-state index is -0.238. The van der Waals surface area contributed by atoms with Gasteiger partial charge < -0.3 is 15.2 Å². The third-order valence-electron chi connectivity index (χ3n) is 3.46. The zero-order valence-corrected chi connectivity index (χ0v) is 9.61. The van der Waals surface area contributed by atoms with Crippen LogP contribution in [0.5, 0.6) is 0 Å². The van der Waals surface area contributed by atoms with E-state index >= 15 is 0 Å². The van der Waals surface area contributed by atoms with Gasteiger partial charge in [0.2, 0.25) is 11.8 Å². The van der Waals surface area contributed by atoms with Crippen molar-refractivity contribution in [2.24, 2.45) is 0 Å². The molecule has 0 radical (unpaired) electrons. The number of carbonyl (C=O) groups is 1. The fourth-order valence-electron chi connectivity index (χ4n) is 2.17. The van der Waals surface area contributed by atoms with Crippen LogP contribution in [0.15, 0.2) is 4.52 Å². The molecule has 2 aliphatic rings. The number of carbonyl (C=O) groups excluding carboxylic acids is 1. The predicted molar refractivity (Wildman–Crippen MR) is 59.4 cm³/mol. The van der Waals surface area contributed by atoms with Crippen molar-refractivity contribution in [2.75, 3.05) is 13.1 Å². The van der Waals surface area contributed by atoms with Crippen molar-refractivity contribution < 1.29 is 9.32 Å². The molecule has 1 aromatic rings. The van der Waals surface area contributed by atoms with E-state index in [9.17, 15) is 4.79 Å². The Kier molecular flexibility index (Phi) is 2.80. The van der Waals surface area contributed by atoms with E-state index in [1.54, 1.807) is 0 Å². The van der Waals surface area contributed by atoms with Gasteiger partial charge in [0, 0.05) is 19.0 Å². The molecule has 2 fully saturated rings. The van der Waals surface area contributed by atoms with Crippen molar-refractivity contribution in [3.63, 3.8) is 0 Å². The molecule has 0 bridgehead atoms. The number of amides is 1.